The van der Waals surface area contributed by atoms with E-state index < -0.39 is 0 Å². The minimum atomic E-state index is -0.0993. The summed E-state index contributed by atoms with van der Waals surface area (Å²) >= 11 is 0. The van der Waals surface area contributed by atoms with Crippen LogP contribution < -0.4 is 5.32 Å². The lowest BCUT2D eigenvalue weighted by Gasteiger charge is -2.05. The number of amides is 1. The van der Waals surface area contributed by atoms with E-state index in [2.05, 4.69) is 20.5 Å². The quantitative estimate of drug-likeness (QED) is 0.710. The molecule has 0 spiro atoms. The third-order valence-corrected chi connectivity index (χ3v) is 2.06. The molecule has 0 bridgehead atoms. The van der Waals surface area contributed by atoms with E-state index in [4.69, 9.17) is 0 Å². The van der Waals surface area contributed by atoms with E-state index in [1.807, 2.05) is 6.92 Å². The Bertz CT molecular complexity index is 489. The average molecular weight is 190 g/mol. The number of aromatic amines is 1. The molecule has 0 aliphatic carbocycles. The number of fused-ring (bicyclic) bond motifs is 1. The normalized spacial score (nSPS) is 10.4. The van der Waals surface area contributed by atoms with Crippen LogP contribution in [0.4, 0.5) is 5.69 Å². The summed E-state index contributed by atoms with van der Waals surface area (Å²) in [6.45, 7) is 3.39. The van der Waals surface area contributed by atoms with Crippen LogP contribution in [0.5, 0.6) is 0 Å². The highest BCUT2D eigenvalue weighted by Gasteiger charge is 2.06. The fraction of sp³-hybridized carbons (Fsp3) is 0.222. The van der Waals surface area contributed by atoms with Crippen molar-refractivity contribution in [2.24, 2.45) is 0 Å². The predicted octanol–water partition coefficient (Wildman–Crippen LogP) is 1.22. The van der Waals surface area contributed by atoms with E-state index >= 15 is 0 Å². The molecule has 72 valence electrons. The summed E-state index contributed by atoms with van der Waals surface area (Å²) in [5.74, 6) is -0.0993. The molecule has 0 aromatic carbocycles. The maximum Gasteiger partial charge on any atom is 0.221 e. The maximum atomic E-state index is 10.9. The summed E-state index contributed by atoms with van der Waals surface area (Å²) in [7, 11) is 0. The van der Waals surface area contributed by atoms with E-state index in [0.29, 0.717) is 0 Å². The van der Waals surface area contributed by atoms with Gasteiger partial charge < -0.3 is 5.32 Å². The first-order valence-corrected chi connectivity index (χ1v) is 4.25. The number of H-pyrrole nitrogens is 1. The van der Waals surface area contributed by atoms with Crippen LogP contribution in [0, 0.1) is 6.92 Å². The Balaban J connectivity index is 2.56. The second-order valence-corrected chi connectivity index (χ2v) is 3.11. The number of nitrogens with zero attached hydrogens (tertiary/aromatic N) is 2. The summed E-state index contributed by atoms with van der Waals surface area (Å²) in [5, 5.41) is 10.3. The number of rotatable bonds is 1. The molecule has 2 N–H and O–H groups in total. The number of pyridine rings is 1. The molecule has 2 aromatic rings. The van der Waals surface area contributed by atoms with E-state index in [1.54, 1.807) is 12.4 Å². The van der Waals surface area contributed by atoms with Crippen molar-refractivity contribution >= 4 is 22.6 Å². The van der Waals surface area contributed by atoms with E-state index in [9.17, 15) is 4.79 Å². The molecule has 2 aromatic heterocycles. The minimum absolute atomic E-state index is 0.0993. The molecule has 0 radical (unpaired) electrons. The molecule has 0 aliphatic rings. The number of hydrogen-bond donors (Lipinski definition) is 2. The highest BCUT2D eigenvalue weighted by Crippen LogP contribution is 2.21. The Kier molecular flexibility index (Phi) is 1.92. The Hall–Kier alpha value is -1.91. The first-order chi connectivity index (χ1) is 6.68. The van der Waals surface area contributed by atoms with Gasteiger partial charge in [-0.15, -0.1) is 0 Å². The number of anilines is 1. The molecule has 2 heterocycles. The van der Waals surface area contributed by atoms with Gasteiger partial charge in [-0.2, -0.15) is 5.10 Å². The first kappa shape index (κ1) is 8.68. The van der Waals surface area contributed by atoms with Gasteiger partial charge in [0, 0.05) is 12.3 Å². The van der Waals surface area contributed by atoms with E-state index in [1.165, 1.54) is 6.92 Å². The van der Waals surface area contributed by atoms with Gasteiger partial charge in [0.15, 0.2) is 5.65 Å². The van der Waals surface area contributed by atoms with Gasteiger partial charge in [-0.25, -0.2) is 4.98 Å². The average Bonchev–Trinajstić information content (AvgIpc) is 2.57. The molecule has 0 fully saturated rings. The zero-order valence-electron chi connectivity index (χ0n) is 7.96. The first-order valence-electron chi connectivity index (χ1n) is 4.25. The number of hydrogen-bond acceptors (Lipinski definition) is 3. The summed E-state index contributed by atoms with van der Waals surface area (Å²) in [6.07, 6.45) is 3.32. The molecule has 0 saturated heterocycles. The van der Waals surface area contributed by atoms with E-state index in [-0.39, 0.29) is 5.91 Å². The molecule has 2 rings (SSSR count). The zero-order chi connectivity index (χ0) is 10.1. The van der Waals surface area contributed by atoms with Crippen molar-refractivity contribution in [1.82, 2.24) is 15.2 Å². The van der Waals surface area contributed by atoms with Gasteiger partial charge in [-0.3, -0.25) is 9.89 Å². The van der Waals surface area contributed by atoms with Crippen molar-refractivity contribution in [3.63, 3.8) is 0 Å². The highest BCUT2D eigenvalue weighted by atomic mass is 16.1. The molecule has 0 unspecified atom stereocenters. The van der Waals surface area contributed by atoms with Gasteiger partial charge in [0.05, 0.1) is 18.1 Å². The molecule has 0 atom stereocenters. The third-order valence-electron chi connectivity index (χ3n) is 2.06. The molecule has 0 saturated carbocycles. The Morgan fingerprint density at radius 1 is 1.50 bits per heavy atom. The zero-order valence-corrected chi connectivity index (χ0v) is 7.96. The Morgan fingerprint density at radius 2 is 2.29 bits per heavy atom. The van der Waals surface area contributed by atoms with Crippen LogP contribution in [0.2, 0.25) is 0 Å². The fourth-order valence-electron chi connectivity index (χ4n) is 1.34. The van der Waals surface area contributed by atoms with Crippen molar-refractivity contribution in [3.05, 3.63) is 18.0 Å². The molecular weight excluding hydrogens is 180 g/mol. The van der Waals surface area contributed by atoms with Gasteiger partial charge in [0.2, 0.25) is 5.91 Å². The molecule has 14 heavy (non-hydrogen) atoms. The van der Waals surface area contributed by atoms with Crippen molar-refractivity contribution in [3.8, 4) is 0 Å². The number of aryl methyl sites for hydroxylation is 1. The van der Waals surface area contributed by atoms with Gasteiger partial charge >= 0.3 is 0 Å². The Morgan fingerprint density at radius 3 is 3.00 bits per heavy atom. The van der Waals surface area contributed by atoms with Gasteiger partial charge in [0.1, 0.15) is 0 Å². The fourth-order valence-corrected chi connectivity index (χ4v) is 1.34. The summed E-state index contributed by atoms with van der Waals surface area (Å²) in [6, 6.07) is 0. The molecular formula is C9H10N4O. The smallest absolute Gasteiger partial charge is 0.221 e. The topological polar surface area (TPSA) is 70.7 Å². The number of aromatic nitrogens is 3. The third kappa shape index (κ3) is 1.32. The van der Waals surface area contributed by atoms with Crippen molar-refractivity contribution in [2.45, 2.75) is 13.8 Å². The van der Waals surface area contributed by atoms with Crippen LogP contribution in [0.3, 0.4) is 0 Å². The van der Waals surface area contributed by atoms with Crippen molar-refractivity contribution in [2.75, 3.05) is 5.32 Å². The van der Waals surface area contributed by atoms with Crippen molar-refractivity contribution in [1.29, 1.82) is 0 Å². The van der Waals surface area contributed by atoms with Gasteiger partial charge in [-0.05, 0) is 12.5 Å². The molecule has 5 nitrogen and oxygen atoms in total. The maximum absolute atomic E-state index is 10.9. The lowest BCUT2D eigenvalue weighted by atomic mass is 10.2. The lowest BCUT2D eigenvalue weighted by molar-refractivity contribution is -0.114. The van der Waals surface area contributed by atoms with Crippen LogP contribution in [-0.2, 0) is 4.79 Å². The second kappa shape index (κ2) is 3.10. The predicted molar refractivity (Wildman–Crippen MR) is 52.9 cm³/mol. The van der Waals surface area contributed by atoms with E-state index in [0.717, 1.165) is 22.3 Å². The molecule has 1 amide bonds. The summed E-state index contributed by atoms with van der Waals surface area (Å²) in [5.41, 5.74) is 2.43. The van der Waals surface area contributed by atoms with Crippen LogP contribution in [0.1, 0.15) is 12.5 Å². The number of carbonyl (C=O) groups excluding carboxylic acids is 1. The lowest BCUT2D eigenvalue weighted by Crippen LogP contribution is -2.07. The van der Waals surface area contributed by atoms with Crippen LogP contribution >= 0.6 is 0 Å². The van der Waals surface area contributed by atoms with Crippen LogP contribution in [0.25, 0.3) is 11.0 Å². The van der Waals surface area contributed by atoms with Gasteiger partial charge in [-0.1, -0.05) is 0 Å². The SMILES string of the molecule is CC(=O)Nc1cnc2[nH]ncc2c1C. The molecule has 5 heteroatoms. The Labute approximate surface area is 80.5 Å². The monoisotopic (exact) mass is 190 g/mol. The van der Waals surface area contributed by atoms with Crippen molar-refractivity contribution < 1.29 is 4.79 Å². The summed E-state index contributed by atoms with van der Waals surface area (Å²) < 4.78 is 0. The highest BCUT2D eigenvalue weighted by molar-refractivity contribution is 5.93. The standard InChI is InChI=1S/C9H10N4O/c1-5-7-3-11-13-9(7)10-4-8(5)12-6(2)14/h3-4H,1-2H3,(H,12,14)(H,10,11,13). The second-order valence-electron chi connectivity index (χ2n) is 3.11. The van der Waals surface area contributed by atoms with Gasteiger partial charge in [0.25, 0.3) is 0 Å². The van der Waals surface area contributed by atoms with Crippen LogP contribution in [0.15, 0.2) is 12.4 Å². The minimum Gasteiger partial charge on any atom is -0.325 e. The number of carbonyl (C=O) groups is 1. The number of nitrogens with one attached hydrogen (secondary N) is 2. The molecule has 0 aliphatic heterocycles. The largest absolute Gasteiger partial charge is 0.325 e. The van der Waals surface area contributed by atoms with Crippen LogP contribution in [-0.4, -0.2) is 21.1 Å². The summed E-state index contributed by atoms with van der Waals surface area (Å²) in [4.78, 5) is 15.0.